The molecule has 0 radical (unpaired) electrons. The first kappa shape index (κ1) is 14.7. The highest BCUT2D eigenvalue weighted by molar-refractivity contribution is 5.87. The van der Waals surface area contributed by atoms with Crippen LogP contribution in [0.2, 0.25) is 0 Å². The first-order chi connectivity index (χ1) is 11.4. The van der Waals surface area contributed by atoms with Gasteiger partial charge in [-0.25, -0.2) is 4.98 Å². The maximum atomic E-state index is 5.31. The van der Waals surface area contributed by atoms with Crippen molar-refractivity contribution in [3.05, 3.63) is 42.5 Å². The average molecular weight is 321 g/mol. The molecule has 0 atom stereocenters. The van der Waals surface area contributed by atoms with Gasteiger partial charge in [0, 0.05) is 28.9 Å². The van der Waals surface area contributed by atoms with Gasteiger partial charge in [-0.1, -0.05) is 5.16 Å². The number of fused-ring (bicyclic) bond motifs is 2. The van der Waals surface area contributed by atoms with Gasteiger partial charge in [-0.05, 0) is 45.9 Å². The highest BCUT2D eigenvalue weighted by Gasteiger charge is 2.20. The van der Waals surface area contributed by atoms with Crippen LogP contribution in [-0.2, 0) is 0 Å². The van der Waals surface area contributed by atoms with Crippen LogP contribution in [-0.4, -0.2) is 25.1 Å². The molecule has 4 rings (SSSR count). The van der Waals surface area contributed by atoms with Crippen molar-refractivity contribution < 1.29 is 4.52 Å². The van der Waals surface area contributed by atoms with E-state index in [1.807, 2.05) is 29.7 Å². The van der Waals surface area contributed by atoms with Gasteiger partial charge in [0.25, 0.3) is 0 Å². The molecule has 0 aliphatic rings. The van der Waals surface area contributed by atoms with E-state index in [0.29, 0.717) is 0 Å². The van der Waals surface area contributed by atoms with E-state index >= 15 is 0 Å². The first-order valence-corrected chi connectivity index (χ1v) is 7.89. The van der Waals surface area contributed by atoms with Gasteiger partial charge in [0.05, 0.1) is 11.9 Å². The topological polar surface area (TPSA) is 68.2 Å². The maximum Gasteiger partial charge on any atom is 0.167 e. The number of aryl methyl sites for hydroxylation is 1. The Morgan fingerprint density at radius 1 is 1.21 bits per heavy atom. The van der Waals surface area contributed by atoms with E-state index in [1.54, 1.807) is 12.4 Å². The number of hydrogen-bond donors (Lipinski definition) is 1. The van der Waals surface area contributed by atoms with Crippen LogP contribution in [0, 0.1) is 6.92 Å². The highest BCUT2D eigenvalue weighted by Crippen LogP contribution is 2.33. The van der Waals surface area contributed by atoms with Gasteiger partial charge in [-0.3, -0.25) is 9.38 Å². The van der Waals surface area contributed by atoms with E-state index in [9.17, 15) is 0 Å². The molecule has 0 aliphatic heterocycles. The molecule has 3 aromatic heterocycles. The van der Waals surface area contributed by atoms with Crippen LogP contribution in [0.4, 0.5) is 5.82 Å². The van der Waals surface area contributed by atoms with Crippen molar-refractivity contribution in [1.29, 1.82) is 0 Å². The van der Waals surface area contributed by atoms with Crippen LogP contribution in [0.1, 0.15) is 26.5 Å². The fraction of sp³-hybridized carbons (Fsp3) is 0.278. The monoisotopic (exact) mass is 321 g/mol. The van der Waals surface area contributed by atoms with Gasteiger partial charge in [-0.15, -0.1) is 0 Å². The van der Waals surface area contributed by atoms with Crippen molar-refractivity contribution in [1.82, 2.24) is 19.5 Å². The van der Waals surface area contributed by atoms with E-state index in [2.05, 4.69) is 42.3 Å². The predicted molar refractivity (Wildman–Crippen MR) is 94.1 cm³/mol. The zero-order valence-corrected chi connectivity index (χ0v) is 14.2. The summed E-state index contributed by atoms with van der Waals surface area (Å²) in [6.07, 6.45) is 5.45. The standard InChI is InChI=1S/C18H19N5O/c1-11-13-9-12(5-6-14(13)24-22-11)16-17(21-18(2,3)4)23-8-7-19-10-15(23)20-16/h5-10,21H,1-4H3. The van der Waals surface area contributed by atoms with Gasteiger partial charge in [-0.2, -0.15) is 0 Å². The van der Waals surface area contributed by atoms with E-state index in [0.717, 1.165) is 39.4 Å². The van der Waals surface area contributed by atoms with E-state index < -0.39 is 0 Å². The third-order valence-electron chi connectivity index (χ3n) is 3.85. The number of rotatable bonds is 2. The number of imidazole rings is 1. The molecule has 24 heavy (non-hydrogen) atoms. The van der Waals surface area contributed by atoms with Gasteiger partial charge >= 0.3 is 0 Å². The smallest absolute Gasteiger partial charge is 0.167 e. The molecule has 6 nitrogen and oxygen atoms in total. The molecule has 0 saturated heterocycles. The molecular weight excluding hydrogens is 302 g/mol. The summed E-state index contributed by atoms with van der Waals surface area (Å²) < 4.78 is 7.33. The number of nitrogens with zero attached hydrogens (tertiary/aromatic N) is 4. The molecule has 3 heterocycles. The minimum atomic E-state index is -0.0921. The van der Waals surface area contributed by atoms with Crippen LogP contribution in [0.25, 0.3) is 27.9 Å². The van der Waals surface area contributed by atoms with Crippen LogP contribution < -0.4 is 5.32 Å². The Morgan fingerprint density at radius 3 is 2.83 bits per heavy atom. The number of anilines is 1. The summed E-state index contributed by atoms with van der Waals surface area (Å²) in [6.45, 7) is 8.33. The largest absolute Gasteiger partial charge is 0.365 e. The number of benzene rings is 1. The van der Waals surface area contributed by atoms with Crippen molar-refractivity contribution in [3.8, 4) is 11.3 Å². The summed E-state index contributed by atoms with van der Waals surface area (Å²) in [4.78, 5) is 8.95. The summed E-state index contributed by atoms with van der Waals surface area (Å²) in [5, 5.41) is 8.59. The van der Waals surface area contributed by atoms with Crippen LogP contribution in [0.5, 0.6) is 0 Å². The molecule has 0 spiro atoms. The van der Waals surface area contributed by atoms with E-state index in [1.165, 1.54) is 0 Å². The molecule has 122 valence electrons. The summed E-state index contributed by atoms with van der Waals surface area (Å²) in [6, 6.07) is 6.02. The molecule has 0 amide bonds. The number of aromatic nitrogens is 4. The lowest BCUT2D eigenvalue weighted by atomic mass is 10.1. The SMILES string of the molecule is Cc1noc2ccc(-c3nc4cnccn4c3NC(C)(C)C)cc12. The normalized spacial score (nSPS) is 12.2. The quantitative estimate of drug-likeness (QED) is 0.603. The zero-order chi connectivity index (χ0) is 16.9. The molecule has 0 aliphatic carbocycles. The lowest BCUT2D eigenvalue weighted by molar-refractivity contribution is 0.450. The fourth-order valence-corrected chi connectivity index (χ4v) is 2.79. The highest BCUT2D eigenvalue weighted by atomic mass is 16.5. The minimum absolute atomic E-state index is 0.0921. The van der Waals surface area contributed by atoms with Crippen LogP contribution in [0.15, 0.2) is 41.3 Å². The third-order valence-corrected chi connectivity index (χ3v) is 3.85. The molecule has 0 bridgehead atoms. The molecule has 6 heteroatoms. The third kappa shape index (κ3) is 2.40. The Labute approximate surface area is 139 Å². The second-order valence-electron chi connectivity index (χ2n) is 6.97. The van der Waals surface area contributed by atoms with Crippen molar-refractivity contribution in [2.75, 3.05) is 5.32 Å². The Bertz CT molecular complexity index is 1040. The fourth-order valence-electron chi connectivity index (χ4n) is 2.79. The number of nitrogens with one attached hydrogen (secondary N) is 1. The van der Waals surface area contributed by atoms with Crippen molar-refractivity contribution in [3.63, 3.8) is 0 Å². The molecule has 1 aromatic carbocycles. The Morgan fingerprint density at radius 2 is 2.04 bits per heavy atom. The molecule has 0 unspecified atom stereocenters. The summed E-state index contributed by atoms with van der Waals surface area (Å²) in [7, 11) is 0. The Balaban J connectivity index is 1.96. The van der Waals surface area contributed by atoms with E-state index in [4.69, 9.17) is 9.51 Å². The molecule has 1 N–H and O–H groups in total. The van der Waals surface area contributed by atoms with Gasteiger partial charge in [0.2, 0.25) is 0 Å². The summed E-state index contributed by atoms with van der Waals surface area (Å²) in [5.74, 6) is 0.952. The predicted octanol–water partition coefficient (Wildman–Crippen LogP) is 4.06. The Hall–Kier alpha value is -2.89. The maximum absolute atomic E-state index is 5.31. The Kier molecular flexibility index (Phi) is 3.09. The lowest BCUT2D eigenvalue weighted by Crippen LogP contribution is -2.27. The number of hydrogen-bond acceptors (Lipinski definition) is 5. The zero-order valence-electron chi connectivity index (χ0n) is 14.2. The summed E-state index contributed by atoms with van der Waals surface area (Å²) in [5.41, 5.74) is 4.28. The van der Waals surface area contributed by atoms with Gasteiger partial charge in [0.15, 0.2) is 11.2 Å². The van der Waals surface area contributed by atoms with Gasteiger partial charge < -0.3 is 9.84 Å². The van der Waals surface area contributed by atoms with Crippen molar-refractivity contribution in [2.24, 2.45) is 0 Å². The molecule has 0 fully saturated rings. The average Bonchev–Trinajstić information content (AvgIpc) is 3.08. The minimum Gasteiger partial charge on any atom is -0.365 e. The van der Waals surface area contributed by atoms with Gasteiger partial charge in [0.1, 0.15) is 11.5 Å². The van der Waals surface area contributed by atoms with E-state index in [-0.39, 0.29) is 5.54 Å². The van der Waals surface area contributed by atoms with Crippen molar-refractivity contribution in [2.45, 2.75) is 33.2 Å². The van der Waals surface area contributed by atoms with Crippen LogP contribution in [0.3, 0.4) is 0 Å². The second-order valence-corrected chi connectivity index (χ2v) is 6.97. The lowest BCUT2D eigenvalue weighted by Gasteiger charge is -2.22. The second kappa shape index (κ2) is 5.06. The molecule has 4 aromatic rings. The molecule has 0 saturated carbocycles. The first-order valence-electron chi connectivity index (χ1n) is 7.89. The molecular formula is C18H19N5O. The van der Waals surface area contributed by atoms with Crippen molar-refractivity contribution >= 4 is 22.4 Å². The van der Waals surface area contributed by atoms with Crippen LogP contribution >= 0.6 is 0 Å². The summed E-state index contributed by atoms with van der Waals surface area (Å²) >= 11 is 0.